The van der Waals surface area contributed by atoms with Crippen LogP contribution in [0.1, 0.15) is 56.0 Å². The molecular formula is C20H27N5O4. The molecule has 1 atom stereocenters. The van der Waals surface area contributed by atoms with Gasteiger partial charge in [0.2, 0.25) is 5.91 Å². The normalized spacial score (nSPS) is 18.7. The molecule has 2 aromatic rings. The Kier molecular flexibility index (Phi) is 5.16. The highest BCUT2D eigenvalue weighted by Crippen LogP contribution is 2.28. The number of likely N-dealkylation sites (tertiary alicyclic amines) is 1. The van der Waals surface area contributed by atoms with Crippen LogP contribution in [0.3, 0.4) is 0 Å². The largest absolute Gasteiger partial charge is 0.384 e. The van der Waals surface area contributed by atoms with Gasteiger partial charge < -0.3 is 14.9 Å². The molecule has 2 N–H and O–H groups in total. The van der Waals surface area contributed by atoms with Gasteiger partial charge in [0.05, 0.1) is 17.8 Å². The molecule has 0 aromatic carbocycles. The molecule has 2 aromatic heterocycles. The summed E-state index contributed by atoms with van der Waals surface area (Å²) in [5.41, 5.74) is 2.75. The molecule has 0 spiro atoms. The van der Waals surface area contributed by atoms with Crippen LogP contribution in [0.25, 0.3) is 5.65 Å². The fourth-order valence-corrected chi connectivity index (χ4v) is 4.32. The van der Waals surface area contributed by atoms with E-state index in [-0.39, 0.29) is 23.3 Å². The molecule has 2 aliphatic rings. The first kappa shape index (κ1) is 19.6. The fourth-order valence-electron chi connectivity index (χ4n) is 4.32. The van der Waals surface area contributed by atoms with Crippen molar-refractivity contribution in [2.24, 2.45) is 0 Å². The van der Waals surface area contributed by atoms with E-state index in [1.54, 1.807) is 9.80 Å². The minimum Gasteiger partial charge on any atom is -0.384 e. The van der Waals surface area contributed by atoms with Crippen molar-refractivity contribution in [1.29, 1.82) is 0 Å². The number of H-pyrrole nitrogens is 1. The molecule has 1 saturated heterocycles. The molecule has 0 saturated carbocycles. The lowest BCUT2D eigenvalue weighted by Crippen LogP contribution is -2.42. The molecule has 156 valence electrons. The molecule has 0 aliphatic carbocycles. The van der Waals surface area contributed by atoms with Crippen molar-refractivity contribution in [2.45, 2.75) is 58.1 Å². The summed E-state index contributed by atoms with van der Waals surface area (Å²) < 4.78 is 1.47. The van der Waals surface area contributed by atoms with Crippen molar-refractivity contribution in [3.63, 3.8) is 0 Å². The topological polar surface area (TPSA) is 111 Å². The number of nitrogens with zero attached hydrogens (tertiary/aromatic N) is 4. The highest BCUT2D eigenvalue weighted by molar-refractivity contribution is 5.80. The zero-order valence-electron chi connectivity index (χ0n) is 16.8. The molecular weight excluding hydrogens is 374 g/mol. The molecule has 29 heavy (non-hydrogen) atoms. The van der Waals surface area contributed by atoms with Crippen molar-refractivity contribution >= 4 is 17.5 Å². The van der Waals surface area contributed by atoms with Crippen LogP contribution in [0.2, 0.25) is 0 Å². The van der Waals surface area contributed by atoms with Crippen LogP contribution < -0.4 is 5.56 Å². The maximum absolute atomic E-state index is 13.0. The molecule has 0 bridgehead atoms. The maximum atomic E-state index is 13.0. The van der Waals surface area contributed by atoms with Gasteiger partial charge in [-0.25, -0.2) is 9.50 Å². The number of piperidine rings is 1. The number of aromatic nitrogens is 3. The minimum absolute atomic E-state index is 0.0471. The summed E-state index contributed by atoms with van der Waals surface area (Å²) in [5.74, 6) is 0.00649. The van der Waals surface area contributed by atoms with E-state index in [2.05, 4.69) is 10.1 Å². The van der Waals surface area contributed by atoms with Crippen LogP contribution in [0.4, 0.5) is 0 Å². The van der Waals surface area contributed by atoms with Crippen LogP contribution in [-0.4, -0.2) is 67.1 Å². The molecule has 2 aliphatic heterocycles. The Bertz CT molecular complexity index is 1000. The summed E-state index contributed by atoms with van der Waals surface area (Å²) in [7, 11) is 0. The maximum Gasteiger partial charge on any atom is 0.277 e. The van der Waals surface area contributed by atoms with Crippen LogP contribution in [0, 0.1) is 0 Å². The van der Waals surface area contributed by atoms with E-state index in [1.165, 1.54) is 11.4 Å². The van der Waals surface area contributed by atoms with Crippen molar-refractivity contribution in [2.75, 3.05) is 19.6 Å². The molecule has 2 amide bonds. The van der Waals surface area contributed by atoms with E-state index >= 15 is 0 Å². The van der Waals surface area contributed by atoms with E-state index in [0.717, 1.165) is 24.2 Å². The van der Waals surface area contributed by atoms with Gasteiger partial charge in [-0.15, -0.1) is 0 Å². The number of aliphatic hydroxyl groups excluding tert-OH is 1. The summed E-state index contributed by atoms with van der Waals surface area (Å²) >= 11 is 0. The van der Waals surface area contributed by atoms with Gasteiger partial charge in [0.15, 0.2) is 5.65 Å². The second kappa shape index (κ2) is 7.62. The van der Waals surface area contributed by atoms with Gasteiger partial charge in [-0.3, -0.25) is 19.5 Å². The van der Waals surface area contributed by atoms with Gasteiger partial charge in [-0.1, -0.05) is 6.92 Å². The third-order valence-electron chi connectivity index (χ3n) is 6.04. The van der Waals surface area contributed by atoms with Crippen molar-refractivity contribution < 1.29 is 14.7 Å². The molecule has 0 radical (unpaired) electrons. The monoisotopic (exact) mass is 401 g/mol. The number of nitrogens with one attached hydrogen (secondary N) is 1. The van der Waals surface area contributed by atoms with Crippen LogP contribution in [-0.2, 0) is 22.6 Å². The van der Waals surface area contributed by atoms with Crippen LogP contribution in [0.15, 0.2) is 10.9 Å². The Hall–Kier alpha value is -2.68. The highest BCUT2D eigenvalue weighted by Gasteiger charge is 2.28. The Morgan fingerprint density at radius 1 is 1.28 bits per heavy atom. The number of hydrogen-bond acceptors (Lipinski definition) is 5. The van der Waals surface area contributed by atoms with E-state index in [1.807, 2.05) is 13.0 Å². The molecule has 4 heterocycles. The number of carbonyl (C=O) groups excluding carboxylic acids is 2. The number of carbonyl (C=O) groups is 2. The number of amides is 2. The summed E-state index contributed by atoms with van der Waals surface area (Å²) in [4.78, 5) is 45.1. The van der Waals surface area contributed by atoms with Crippen LogP contribution in [0.5, 0.6) is 0 Å². The minimum atomic E-state index is -0.979. The Morgan fingerprint density at radius 3 is 2.66 bits per heavy atom. The number of rotatable bonds is 3. The van der Waals surface area contributed by atoms with Crippen molar-refractivity contribution in [1.82, 2.24) is 24.4 Å². The third kappa shape index (κ3) is 3.55. The number of fused-ring (bicyclic) bond motifs is 2. The number of aromatic amines is 1. The summed E-state index contributed by atoms with van der Waals surface area (Å²) in [6, 6.07) is 1.92. The smallest absolute Gasteiger partial charge is 0.277 e. The van der Waals surface area contributed by atoms with E-state index in [4.69, 9.17) is 0 Å². The lowest BCUT2D eigenvalue weighted by molar-refractivity contribution is -0.140. The Labute approximate surface area is 168 Å². The van der Waals surface area contributed by atoms with Gasteiger partial charge in [-0.2, -0.15) is 0 Å². The average Bonchev–Trinajstić information content (AvgIpc) is 3.17. The second-order valence-corrected chi connectivity index (χ2v) is 7.94. The standard InChI is InChI=1S/C20H27N5O4/c1-3-18(27)24-9-6-15-14(11-24)20(29)25-17(21-15)10-16(22-25)13-4-7-23(8-5-13)19(28)12(2)26/h10,12-13,22,26H,3-9,11H2,1-2H3. The predicted molar refractivity (Wildman–Crippen MR) is 105 cm³/mol. The van der Waals surface area contributed by atoms with Crippen molar-refractivity contribution in [3.8, 4) is 0 Å². The van der Waals surface area contributed by atoms with E-state index in [0.29, 0.717) is 50.2 Å². The zero-order chi connectivity index (χ0) is 20.7. The summed E-state index contributed by atoms with van der Waals surface area (Å²) in [5, 5.41) is 12.7. The lowest BCUT2D eigenvalue weighted by atomic mass is 9.93. The fraction of sp³-hybridized carbons (Fsp3) is 0.600. The first-order chi connectivity index (χ1) is 13.9. The third-order valence-corrected chi connectivity index (χ3v) is 6.04. The quantitative estimate of drug-likeness (QED) is 0.774. The van der Waals surface area contributed by atoms with E-state index < -0.39 is 6.10 Å². The average molecular weight is 401 g/mol. The molecule has 4 rings (SSSR count). The Balaban J connectivity index is 1.57. The first-order valence-electron chi connectivity index (χ1n) is 10.3. The first-order valence-corrected chi connectivity index (χ1v) is 10.3. The van der Waals surface area contributed by atoms with Crippen LogP contribution >= 0.6 is 0 Å². The molecule has 1 unspecified atom stereocenters. The SMILES string of the molecule is CCC(=O)N1CCc2nc3cc(C4CCN(C(=O)C(C)O)CC4)[nH]n3c(=O)c2C1. The summed E-state index contributed by atoms with van der Waals surface area (Å²) in [6.07, 6.45) is 1.56. The zero-order valence-corrected chi connectivity index (χ0v) is 16.8. The van der Waals surface area contributed by atoms with E-state index in [9.17, 15) is 19.5 Å². The lowest BCUT2D eigenvalue weighted by Gasteiger charge is -2.32. The molecule has 1 fully saturated rings. The van der Waals surface area contributed by atoms with Crippen molar-refractivity contribution in [3.05, 3.63) is 33.4 Å². The summed E-state index contributed by atoms with van der Waals surface area (Å²) in [6.45, 7) is 5.37. The molecule has 9 heteroatoms. The number of hydrogen-bond donors (Lipinski definition) is 2. The highest BCUT2D eigenvalue weighted by atomic mass is 16.3. The Morgan fingerprint density at radius 2 is 2.00 bits per heavy atom. The van der Waals surface area contributed by atoms with Gasteiger partial charge in [-0.05, 0) is 19.8 Å². The second-order valence-electron chi connectivity index (χ2n) is 7.94. The molecule has 9 nitrogen and oxygen atoms in total. The van der Waals surface area contributed by atoms with Gasteiger partial charge in [0.1, 0.15) is 6.10 Å². The van der Waals surface area contributed by atoms with Gasteiger partial charge in [0, 0.05) is 50.2 Å². The van der Waals surface area contributed by atoms with Gasteiger partial charge >= 0.3 is 0 Å². The predicted octanol–water partition coefficient (Wildman–Crippen LogP) is 0.404. The number of aliphatic hydroxyl groups is 1. The van der Waals surface area contributed by atoms with Gasteiger partial charge in [0.25, 0.3) is 11.5 Å².